The summed E-state index contributed by atoms with van der Waals surface area (Å²) in [6.45, 7) is 3.32. The summed E-state index contributed by atoms with van der Waals surface area (Å²) in [5, 5.41) is 0. The highest BCUT2D eigenvalue weighted by molar-refractivity contribution is 9.14. The minimum absolute atomic E-state index is 0.0411. The quantitative estimate of drug-likeness (QED) is 0.646. The van der Waals surface area contributed by atoms with E-state index in [1.807, 2.05) is 6.92 Å². The second-order valence-electron chi connectivity index (χ2n) is 1.40. The lowest BCUT2D eigenvalue weighted by molar-refractivity contribution is -0.112. The largest absolute Gasteiger partial charge is 0.294 e. The summed E-state index contributed by atoms with van der Waals surface area (Å²) in [5.41, 5.74) is 0. The van der Waals surface area contributed by atoms with Gasteiger partial charge in [-0.1, -0.05) is 15.9 Å². The third-order valence-corrected chi connectivity index (χ3v) is 2.69. The van der Waals surface area contributed by atoms with Gasteiger partial charge in [0.25, 0.3) is 0 Å². The molecule has 0 rings (SSSR count). The highest BCUT2D eigenvalue weighted by Crippen LogP contribution is 2.16. The van der Waals surface area contributed by atoms with Crippen LogP contribution in [-0.2, 0) is 4.79 Å². The van der Waals surface area contributed by atoms with Crippen molar-refractivity contribution in [3.05, 3.63) is 8.96 Å². The lowest BCUT2D eigenvalue weighted by Gasteiger charge is -1.89. The first-order chi connectivity index (χ1) is 3.55. The molecule has 0 aromatic rings. The predicted octanol–water partition coefficient (Wildman–Crippen LogP) is 2.60. The van der Waals surface area contributed by atoms with Crippen LogP contribution in [0.4, 0.5) is 0 Å². The number of halogens is 2. The van der Waals surface area contributed by atoms with Gasteiger partial charge in [-0.2, -0.15) is 0 Å². The minimum atomic E-state index is 0.0411. The van der Waals surface area contributed by atoms with Crippen molar-refractivity contribution in [1.82, 2.24) is 0 Å². The van der Waals surface area contributed by atoms with Crippen LogP contribution >= 0.6 is 31.9 Å². The van der Waals surface area contributed by atoms with Crippen LogP contribution in [0.15, 0.2) is 8.96 Å². The average Bonchev–Trinajstić information content (AvgIpc) is 1.64. The fourth-order valence-electron chi connectivity index (χ4n) is 0.243. The molecule has 8 heavy (non-hydrogen) atoms. The van der Waals surface area contributed by atoms with Gasteiger partial charge in [-0.3, -0.25) is 4.79 Å². The normalized spacial score (nSPS) is 13.0. The summed E-state index contributed by atoms with van der Waals surface area (Å²) in [4.78, 5) is 10.5. The number of allylic oxidation sites excluding steroid dienone is 2. The van der Waals surface area contributed by atoms with Gasteiger partial charge in [-0.05, 0) is 29.8 Å². The molecule has 0 atom stereocenters. The van der Waals surface area contributed by atoms with E-state index in [2.05, 4.69) is 31.9 Å². The Morgan fingerprint density at radius 2 is 1.62 bits per heavy atom. The maximum absolute atomic E-state index is 10.5. The summed E-state index contributed by atoms with van der Waals surface area (Å²) in [6, 6.07) is 0. The molecule has 0 aliphatic carbocycles. The maximum atomic E-state index is 10.5. The molecule has 46 valence electrons. The van der Waals surface area contributed by atoms with E-state index in [0.717, 1.165) is 4.48 Å². The SMILES string of the molecule is CC(=O)/C(Br)=C(\C)Br. The lowest BCUT2D eigenvalue weighted by atomic mass is 10.4. The first-order valence-corrected chi connectivity index (χ1v) is 3.67. The Morgan fingerprint density at radius 1 is 1.25 bits per heavy atom. The molecule has 0 spiro atoms. The van der Waals surface area contributed by atoms with E-state index in [-0.39, 0.29) is 5.78 Å². The molecule has 0 aliphatic heterocycles. The Balaban J connectivity index is 4.23. The van der Waals surface area contributed by atoms with Crippen LogP contribution in [-0.4, -0.2) is 5.78 Å². The van der Waals surface area contributed by atoms with E-state index in [9.17, 15) is 4.79 Å². The molecular weight excluding hydrogens is 236 g/mol. The molecule has 0 aromatic heterocycles. The second kappa shape index (κ2) is 3.41. The zero-order chi connectivity index (χ0) is 6.73. The van der Waals surface area contributed by atoms with Gasteiger partial charge >= 0.3 is 0 Å². The molecule has 0 fully saturated rings. The summed E-state index contributed by atoms with van der Waals surface area (Å²) < 4.78 is 1.45. The Labute approximate surface area is 65.4 Å². The van der Waals surface area contributed by atoms with E-state index in [4.69, 9.17) is 0 Å². The highest BCUT2D eigenvalue weighted by Gasteiger charge is 1.99. The van der Waals surface area contributed by atoms with E-state index in [0.29, 0.717) is 4.48 Å². The topological polar surface area (TPSA) is 17.1 Å². The summed E-state index contributed by atoms with van der Waals surface area (Å²) in [6.07, 6.45) is 0. The van der Waals surface area contributed by atoms with Crippen LogP contribution < -0.4 is 0 Å². The standard InChI is InChI=1S/C5H6Br2O/c1-3(6)5(7)4(2)8/h1-2H3/b5-3-. The van der Waals surface area contributed by atoms with Crippen molar-refractivity contribution >= 4 is 37.6 Å². The fourth-order valence-corrected chi connectivity index (χ4v) is 0.522. The van der Waals surface area contributed by atoms with E-state index < -0.39 is 0 Å². The lowest BCUT2D eigenvalue weighted by Crippen LogP contribution is -1.87. The third kappa shape index (κ3) is 2.62. The zero-order valence-electron chi connectivity index (χ0n) is 4.66. The zero-order valence-corrected chi connectivity index (χ0v) is 7.84. The van der Waals surface area contributed by atoms with Crippen molar-refractivity contribution in [3.8, 4) is 0 Å². The molecule has 0 amide bonds. The van der Waals surface area contributed by atoms with Crippen molar-refractivity contribution in [2.75, 3.05) is 0 Å². The number of hydrogen-bond acceptors (Lipinski definition) is 1. The van der Waals surface area contributed by atoms with E-state index in [1.165, 1.54) is 6.92 Å². The number of ketones is 1. The van der Waals surface area contributed by atoms with Crippen LogP contribution in [0.5, 0.6) is 0 Å². The molecule has 0 saturated heterocycles. The Morgan fingerprint density at radius 3 is 1.62 bits per heavy atom. The van der Waals surface area contributed by atoms with Crippen LogP contribution in [0.2, 0.25) is 0 Å². The average molecular weight is 242 g/mol. The molecule has 0 aliphatic rings. The first-order valence-electron chi connectivity index (χ1n) is 2.08. The smallest absolute Gasteiger partial charge is 0.167 e. The van der Waals surface area contributed by atoms with E-state index in [1.54, 1.807) is 0 Å². The van der Waals surface area contributed by atoms with Crippen molar-refractivity contribution in [3.63, 3.8) is 0 Å². The Bertz CT molecular complexity index is 133. The van der Waals surface area contributed by atoms with Gasteiger partial charge < -0.3 is 0 Å². The van der Waals surface area contributed by atoms with Gasteiger partial charge in [0.2, 0.25) is 0 Å². The molecule has 0 N–H and O–H groups in total. The van der Waals surface area contributed by atoms with Gasteiger partial charge in [-0.15, -0.1) is 0 Å². The molecule has 0 saturated carbocycles. The van der Waals surface area contributed by atoms with Crippen LogP contribution in [0.25, 0.3) is 0 Å². The summed E-state index contributed by atoms with van der Waals surface area (Å²) >= 11 is 6.24. The van der Waals surface area contributed by atoms with Gasteiger partial charge in [-0.25, -0.2) is 0 Å². The number of rotatable bonds is 1. The molecule has 0 heterocycles. The van der Waals surface area contributed by atoms with Crippen LogP contribution in [0.3, 0.4) is 0 Å². The third-order valence-electron chi connectivity index (χ3n) is 0.612. The monoisotopic (exact) mass is 240 g/mol. The summed E-state index contributed by atoms with van der Waals surface area (Å²) in [5.74, 6) is 0.0411. The van der Waals surface area contributed by atoms with Gasteiger partial charge in [0.1, 0.15) is 0 Å². The predicted molar refractivity (Wildman–Crippen MR) is 41.2 cm³/mol. The Hall–Kier alpha value is 0.370. The molecule has 0 radical (unpaired) electrons. The molecule has 0 bridgehead atoms. The fraction of sp³-hybridized carbons (Fsp3) is 0.400. The van der Waals surface area contributed by atoms with Crippen molar-refractivity contribution in [2.45, 2.75) is 13.8 Å². The Kier molecular flexibility index (Phi) is 3.56. The number of carbonyl (C=O) groups is 1. The number of hydrogen-bond donors (Lipinski definition) is 0. The first kappa shape index (κ1) is 8.37. The molecule has 0 aromatic carbocycles. The van der Waals surface area contributed by atoms with Gasteiger partial charge in [0.05, 0.1) is 4.48 Å². The number of Topliss-reactive ketones (excluding diaryl/α,β-unsaturated/α-hetero) is 1. The van der Waals surface area contributed by atoms with Gasteiger partial charge in [0.15, 0.2) is 5.78 Å². The van der Waals surface area contributed by atoms with E-state index >= 15 is 0 Å². The molecular formula is C5H6Br2O. The summed E-state index contributed by atoms with van der Waals surface area (Å²) in [7, 11) is 0. The van der Waals surface area contributed by atoms with Crippen LogP contribution in [0, 0.1) is 0 Å². The van der Waals surface area contributed by atoms with Crippen LogP contribution in [0.1, 0.15) is 13.8 Å². The number of carbonyl (C=O) groups excluding carboxylic acids is 1. The highest BCUT2D eigenvalue weighted by atomic mass is 79.9. The second-order valence-corrected chi connectivity index (χ2v) is 3.39. The molecule has 0 unspecified atom stereocenters. The maximum Gasteiger partial charge on any atom is 0.167 e. The van der Waals surface area contributed by atoms with Crippen molar-refractivity contribution < 1.29 is 4.79 Å². The molecule has 1 nitrogen and oxygen atoms in total. The molecule has 3 heteroatoms. The van der Waals surface area contributed by atoms with Crippen molar-refractivity contribution in [1.29, 1.82) is 0 Å². The minimum Gasteiger partial charge on any atom is -0.294 e. The van der Waals surface area contributed by atoms with Crippen molar-refractivity contribution in [2.24, 2.45) is 0 Å². The van der Waals surface area contributed by atoms with Gasteiger partial charge in [0, 0.05) is 4.48 Å².